The van der Waals surface area contributed by atoms with E-state index in [0.29, 0.717) is 24.6 Å². The highest BCUT2D eigenvalue weighted by molar-refractivity contribution is 5.73. The topological polar surface area (TPSA) is 61.8 Å². The van der Waals surface area contributed by atoms with Gasteiger partial charge in [-0.1, -0.05) is 13.3 Å². The van der Waals surface area contributed by atoms with Crippen molar-refractivity contribution in [1.29, 1.82) is 0 Å². The van der Waals surface area contributed by atoms with Crippen molar-refractivity contribution >= 4 is 6.09 Å². The number of carbonyl (C=O) groups is 1. The van der Waals surface area contributed by atoms with Crippen molar-refractivity contribution < 1.29 is 14.6 Å². The third-order valence-electron chi connectivity index (χ3n) is 4.69. The van der Waals surface area contributed by atoms with E-state index in [1.807, 2.05) is 20.8 Å². The lowest BCUT2D eigenvalue weighted by Crippen LogP contribution is -2.47. The quantitative estimate of drug-likeness (QED) is 0.895. The lowest BCUT2D eigenvalue weighted by molar-refractivity contribution is 0.145. The van der Waals surface area contributed by atoms with E-state index in [2.05, 4.69) is 12.2 Å². The molecule has 128 valence electrons. The van der Waals surface area contributed by atoms with Crippen LogP contribution in [0.3, 0.4) is 0 Å². The molecule has 0 unspecified atom stereocenters. The molecule has 0 spiro atoms. The molecule has 2 rings (SSSR count). The summed E-state index contributed by atoms with van der Waals surface area (Å²) in [5, 5.41) is 13.5. The van der Waals surface area contributed by atoms with Gasteiger partial charge in [-0.2, -0.15) is 0 Å². The number of hydrogen-bond donors (Lipinski definition) is 2. The summed E-state index contributed by atoms with van der Waals surface area (Å²) in [6, 6.07) is 0. The largest absolute Gasteiger partial charge is 0.507 e. The Balaban J connectivity index is 2.33. The van der Waals surface area contributed by atoms with Crippen LogP contribution >= 0.6 is 0 Å². The normalized spacial score (nSPS) is 14.9. The number of rotatable bonds is 4. The van der Waals surface area contributed by atoms with Gasteiger partial charge in [-0.3, -0.25) is 0 Å². The van der Waals surface area contributed by atoms with Crippen LogP contribution in [0.1, 0.15) is 42.0 Å². The van der Waals surface area contributed by atoms with Crippen LogP contribution < -0.4 is 10.1 Å². The first-order valence-corrected chi connectivity index (χ1v) is 8.46. The van der Waals surface area contributed by atoms with Gasteiger partial charge in [0.2, 0.25) is 0 Å². The third kappa shape index (κ3) is 3.78. The number of ether oxygens (including phenoxy) is 1. The van der Waals surface area contributed by atoms with Crippen LogP contribution in [0.5, 0.6) is 11.5 Å². The van der Waals surface area contributed by atoms with E-state index in [1.165, 1.54) is 0 Å². The third-order valence-corrected chi connectivity index (χ3v) is 4.69. The van der Waals surface area contributed by atoms with E-state index in [-0.39, 0.29) is 6.09 Å². The molecule has 0 atom stereocenters. The number of phenolic OH excluding ortho intramolecular Hbond substituents is 1. The first-order chi connectivity index (χ1) is 11.0. The molecule has 1 saturated heterocycles. The maximum absolute atomic E-state index is 12.5. The summed E-state index contributed by atoms with van der Waals surface area (Å²) in [6.07, 6.45) is 2.57. The fourth-order valence-electron chi connectivity index (χ4n) is 2.96. The second-order valence-corrected chi connectivity index (χ2v) is 6.24. The number of carbonyl (C=O) groups excluding carboxylic acids is 1. The van der Waals surface area contributed by atoms with Crippen molar-refractivity contribution in [3.63, 3.8) is 0 Å². The second-order valence-electron chi connectivity index (χ2n) is 6.24. The van der Waals surface area contributed by atoms with Crippen molar-refractivity contribution in [2.24, 2.45) is 0 Å². The number of nitrogens with zero attached hydrogens (tertiary/aromatic N) is 1. The van der Waals surface area contributed by atoms with Crippen LogP contribution in [0.2, 0.25) is 0 Å². The average molecular weight is 320 g/mol. The molecule has 5 heteroatoms. The molecule has 5 nitrogen and oxygen atoms in total. The summed E-state index contributed by atoms with van der Waals surface area (Å²) in [5.41, 5.74) is 3.41. The Morgan fingerprint density at radius 1 is 1.17 bits per heavy atom. The Kier molecular flexibility index (Phi) is 5.88. The van der Waals surface area contributed by atoms with Gasteiger partial charge in [-0.25, -0.2) is 4.79 Å². The zero-order valence-corrected chi connectivity index (χ0v) is 14.7. The number of benzene rings is 1. The summed E-state index contributed by atoms with van der Waals surface area (Å²) in [6.45, 7) is 10.7. The highest BCUT2D eigenvalue weighted by Crippen LogP contribution is 2.38. The van der Waals surface area contributed by atoms with Crippen LogP contribution in [0.25, 0.3) is 0 Å². The van der Waals surface area contributed by atoms with E-state index in [0.717, 1.165) is 54.6 Å². The van der Waals surface area contributed by atoms with Gasteiger partial charge < -0.3 is 20.1 Å². The number of unbranched alkanes of at least 4 members (excludes halogenated alkanes) is 1. The molecule has 0 radical (unpaired) electrons. The van der Waals surface area contributed by atoms with Gasteiger partial charge in [0.15, 0.2) is 0 Å². The molecule has 1 heterocycles. The minimum Gasteiger partial charge on any atom is -0.507 e. The number of amides is 1. The predicted octanol–water partition coefficient (Wildman–Crippen LogP) is 3.06. The summed E-state index contributed by atoms with van der Waals surface area (Å²) in [5.74, 6) is 0.949. The van der Waals surface area contributed by atoms with Crippen molar-refractivity contribution in [2.45, 2.75) is 47.0 Å². The second kappa shape index (κ2) is 7.68. The highest BCUT2D eigenvalue weighted by Gasteiger charge is 2.23. The van der Waals surface area contributed by atoms with Gasteiger partial charge in [-0.15, -0.1) is 0 Å². The number of hydrogen-bond acceptors (Lipinski definition) is 4. The zero-order chi connectivity index (χ0) is 17.0. The fourth-order valence-corrected chi connectivity index (χ4v) is 2.96. The lowest BCUT2D eigenvalue weighted by Gasteiger charge is -2.28. The van der Waals surface area contributed by atoms with Crippen molar-refractivity contribution in [2.75, 3.05) is 26.2 Å². The summed E-state index contributed by atoms with van der Waals surface area (Å²) in [7, 11) is 0. The molecule has 1 aliphatic heterocycles. The van der Waals surface area contributed by atoms with Crippen molar-refractivity contribution in [3.8, 4) is 11.5 Å². The molecule has 1 aromatic rings. The molecule has 2 N–H and O–H groups in total. The van der Waals surface area contributed by atoms with E-state index in [4.69, 9.17) is 4.74 Å². The van der Waals surface area contributed by atoms with Crippen LogP contribution in [-0.4, -0.2) is 42.3 Å². The summed E-state index contributed by atoms with van der Waals surface area (Å²) in [4.78, 5) is 14.2. The first-order valence-electron chi connectivity index (χ1n) is 8.46. The van der Waals surface area contributed by atoms with E-state index in [1.54, 1.807) is 4.90 Å². The Morgan fingerprint density at radius 3 is 2.43 bits per heavy atom. The Hall–Kier alpha value is -1.75. The predicted molar refractivity (Wildman–Crippen MR) is 91.4 cm³/mol. The van der Waals surface area contributed by atoms with E-state index < -0.39 is 0 Å². The molecule has 0 bridgehead atoms. The van der Waals surface area contributed by atoms with Crippen LogP contribution in [0.15, 0.2) is 0 Å². The molecule has 0 aromatic heterocycles. The van der Waals surface area contributed by atoms with Gasteiger partial charge in [0.1, 0.15) is 11.5 Å². The van der Waals surface area contributed by atoms with Gasteiger partial charge in [0, 0.05) is 31.7 Å². The highest BCUT2D eigenvalue weighted by atomic mass is 16.6. The maximum Gasteiger partial charge on any atom is 0.415 e. The molecular formula is C18H28N2O3. The van der Waals surface area contributed by atoms with Crippen LogP contribution in [0, 0.1) is 20.8 Å². The summed E-state index contributed by atoms with van der Waals surface area (Å²) >= 11 is 0. The minimum absolute atomic E-state index is 0.295. The van der Waals surface area contributed by atoms with Gasteiger partial charge in [0.05, 0.1) is 0 Å². The molecule has 1 amide bonds. The molecule has 0 saturated carbocycles. The Labute approximate surface area is 138 Å². The van der Waals surface area contributed by atoms with Crippen LogP contribution in [0.4, 0.5) is 4.79 Å². The number of piperazine rings is 1. The average Bonchev–Trinajstić information content (AvgIpc) is 2.58. The monoisotopic (exact) mass is 320 g/mol. The van der Waals surface area contributed by atoms with Crippen molar-refractivity contribution in [1.82, 2.24) is 10.2 Å². The van der Waals surface area contributed by atoms with Crippen LogP contribution in [-0.2, 0) is 6.42 Å². The molecular weight excluding hydrogens is 292 g/mol. The molecule has 1 aromatic carbocycles. The molecule has 1 aliphatic rings. The number of nitrogens with one attached hydrogen (secondary N) is 1. The summed E-state index contributed by atoms with van der Waals surface area (Å²) < 4.78 is 5.78. The van der Waals surface area contributed by atoms with Crippen molar-refractivity contribution in [3.05, 3.63) is 22.3 Å². The van der Waals surface area contributed by atoms with E-state index >= 15 is 0 Å². The van der Waals surface area contributed by atoms with Gasteiger partial charge in [0.25, 0.3) is 0 Å². The van der Waals surface area contributed by atoms with Gasteiger partial charge >= 0.3 is 6.09 Å². The smallest absolute Gasteiger partial charge is 0.415 e. The minimum atomic E-state index is -0.295. The first kappa shape index (κ1) is 17.6. The zero-order valence-electron chi connectivity index (χ0n) is 14.7. The fraction of sp³-hybridized carbons (Fsp3) is 0.611. The van der Waals surface area contributed by atoms with E-state index in [9.17, 15) is 9.90 Å². The molecule has 0 aliphatic carbocycles. The molecule has 1 fully saturated rings. The Morgan fingerprint density at radius 2 is 1.83 bits per heavy atom. The SMILES string of the molecule is CCCCc1c(C)c(O)c(C)c(C)c1OC(=O)N1CCNCC1. The number of aromatic hydroxyl groups is 1. The Bertz CT molecular complexity index is 578. The number of phenols is 1. The molecule has 23 heavy (non-hydrogen) atoms. The standard InChI is InChI=1S/C18H28N2O3/c1-5-6-7-15-14(4)16(21)12(2)13(3)17(15)23-18(22)20-10-8-19-9-11-20/h19,21H,5-11H2,1-4H3. The lowest BCUT2D eigenvalue weighted by atomic mass is 9.94. The van der Waals surface area contributed by atoms with Gasteiger partial charge in [-0.05, 0) is 50.3 Å². The maximum atomic E-state index is 12.5.